The number of fused-ring (bicyclic) bond motifs is 1. The molecule has 144 valence electrons. The van der Waals surface area contributed by atoms with E-state index >= 15 is 0 Å². The van der Waals surface area contributed by atoms with Crippen LogP contribution in [0, 0.1) is 6.92 Å². The Morgan fingerprint density at radius 2 is 2.07 bits per heavy atom. The van der Waals surface area contributed by atoms with Crippen molar-refractivity contribution in [1.82, 2.24) is 0 Å². The number of ether oxygens (including phenoxy) is 1. The smallest absolute Gasteiger partial charge is 0.251 e. The molecule has 0 atom stereocenters. The van der Waals surface area contributed by atoms with Gasteiger partial charge in [0.1, 0.15) is 10.8 Å². The van der Waals surface area contributed by atoms with Crippen molar-refractivity contribution in [3.05, 3.63) is 44.2 Å². The molecule has 7 heteroatoms. The van der Waals surface area contributed by atoms with E-state index < -0.39 is 5.91 Å². The standard InChI is InChI=1S/C20H23BrN2O3S/c1-12-8-9-15(14(21)11-12)26-10-4-7-17(24)23-20-18(19(22)25)13-5-2-3-6-16(13)27-20/h8-9,11H,2-7,10H2,1H3,(H2,22,25)(H,23,24). The summed E-state index contributed by atoms with van der Waals surface area (Å²) in [5.41, 5.74) is 8.24. The van der Waals surface area contributed by atoms with Crippen molar-refractivity contribution in [3.63, 3.8) is 0 Å². The first-order valence-electron chi connectivity index (χ1n) is 9.09. The monoisotopic (exact) mass is 450 g/mol. The predicted molar refractivity (Wildman–Crippen MR) is 112 cm³/mol. The summed E-state index contributed by atoms with van der Waals surface area (Å²) in [7, 11) is 0. The molecule has 1 aromatic heterocycles. The Morgan fingerprint density at radius 3 is 2.81 bits per heavy atom. The van der Waals surface area contributed by atoms with Gasteiger partial charge in [0.15, 0.2) is 0 Å². The lowest BCUT2D eigenvalue weighted by Gasteiger charge is -2.11. The van der Waals surface area contributed by atoms with E-state index in [4.69, 9.17) is 10.5 Å². The molecule has 1 heterocycles. The number of thiophene rings is 1. The summed E-state index contributed by atoms with van der Waals surface area (Å²) in [6.07, 6.45) is 4.90. The Bertz CT molecular complexity index is 863. The highest BCUT2D eigenvalue weighted by Crippen LogP contribution is 2.38. The molecule has 0 fully saturated rings. The number of nitrogens with two attached hydrogens (primary N) is 1. The number of aryl methyl sites for hydroxylation is 2. The molecule has 2 aromatic rings. The maximum absolute atomic E-state index is 12.3. The molecular formula is C20H23BrN2O3S. The summed E-state index contributed by atoms with van der Waals surface area (Å²) in [6.45, 7) is 2.46. The molecule has 5 nitrogen and oxygen atoms in total. The minimum Gasteiger partial charge on any atom is -0.492 e. The molecule has 0 spiro atoms. The van der Waals surface area contributed by atoms with Gasteiger partial charge >= 0.3 is 0 Å². The first kappa shape index (κ1) is 19.9. The van der Waals surface area contributed by atoms with Gasteiger partial charge in [0.05, 0.1) is 16.6 Å². The van der Waals surface area contributed by atoms with E-state index in [2.05, 4.69) is 21.2 Å². The van der Waals surface area contributed by atoms with Gasteiger partial charge in [0, 0.05) is 11.3 Å². The fraction of sp³-hybridized carbons (Fsp3) is 0.400. The number of nitrogens with one attached hydrogen (secondary N) is 1. The third-order valence-corrected chi connectivity index (χ3v) is 6.39. The summed E-state index contributed by atoms with van der Waals surface area (Å²) in [5.74, 6) is 0.183. The minimum absolute atomic E-state index is 0.123. The summed E-state index contributed by atoms with van der Waals surface area (Å²) in [4.78, 5) is 25.3. The molecular weight excluding hydrogens is 428 g/mol. The van der Waals surface area contributed by atoms with Crippen LogP contribution in [0.4, 0.5) is 5.00 Å². The number of rotatable bonds is 7. The van der Waals surface area contributed by atoms with Gasteiger partial charge in [-0.3, -0.25) is 9.59 Å². The van der Waals surface area contributed by atoms with Gasteiger partial charge in [-0.2, -0.15) is 0 Å². The number of hydrogen-bond acceptors (Lipinski definition) is 4. The Labute approximate surface area is 171 Å². The van der Waals surface area contributed by atoms with Crippen LogP contribution in [0.3, 0.4) is 0 Å². The van der Waals surface area contributed by atoms with Gasteiger partial charge in [0.2, 0.25) is 5.91 Å². The van der Waals surface area contributed by atoms with Gasteiger partial charge in [-0.05, 0) is 78.2 Å². The lowest BCUT2D eigenvalue weighted by atomic mass is 9.95. The number of hydrogen-bond donors (Lipinski definition) is 2. The molecule has 0 bridgehead atoms. The van der Waals surface area contributed by atoms with Crippen LogP contribution in [0.5, 0.6) is 5.75 Å². The van der Waals surface area contributed by atoms with Crippen LogP contribution in [0.2, 0.25) is 0 Å². The Hall–Kier alpha value is -1.86. The summed E-state index contributed by atoms with van der Waals surface area (Å²) < 4.78 is 6.63. The molecule has 0 aliphatic heterocycles. The number of amides is 2. The van der Waals surface area contributed by atoms with Crippen molar-refractivity contribution < 1.29 is 14.3 Å². The molecule has 1 aliphatic carbocycles. The Kier molecular flexibility index (Phi) is 6.55. The molecule has 0 saturated heterocycles. The molecule has 1 aromatic carbocycles. The van der Waals surface area contributed by atoms with E-state index in [0.29, 0.717) is 30.0 Å². The maximum atomic E-state index is 12.3. The zero-order chi connectivity index (χ0) is 19.4. The van der Waals surface area contributed by atoms with Crippen LogP contribution >= 0.6 is 27.3 Å². The second kappa shape index (κ2) is 8.89. The van der Waals surface area contributed by atoms with E-state index in [1.54, 1.807) is 0 Å². The topological polar surface area (TPSA) is 81.4 Å². The summed E-state index contributed by atoms with van der Waals surface area (Å²) in [5, 5.41) is 3.48. The van der Waals surface area contributed by atoms with E-state index in [0.717, 1.165) is 47.0 Å². The fourth-order valence-corrected chi connectivity index (χ4v) is 5.16. The van der Waals surface area contributed by atoms with E-state index in [1.807, 2.05) is 25.1 Å². The molecule has 27 heavy (non-hydrogen) atoms. The SMILES string of the molecule is Cc1ccc(OCCCC(=O)Nc2sc3c(c2C(N)=O)CCCC3)c(Br)c1. The highest BCUT2D eigenvalue weighted by molar-refractivity contribution is 9.10. The van der Waals surface area contributed by atoms with Gasteiger partial charge in [-0.15, -0.1) is 11.3 Å². The molecule has 2 amide bonds. The average molecular weight is 451 g/mol. The van der Waals surface area contributed by atoms with E-state index in [9.17, 15) is 9.59 Å². The van der Waals surface area contributed by atoms with Crippen LogP contribution in [0.1, 0.15) is 52.0 Å². The fourth-order valence-electron chi connectivity index (χ4n) is 3.24. The number of benzene rings is 1. The van der Waals surface area contributed by atoms with Crippen LogP contribution < -0.4 is 15.8 Å². The van der Waals surface area contributed by atoms with Crippen molar-refractivity contribution in [1.29, 1.82) is 0 Å². The van der Waals surface area contributed by atoms with Gasteiger partial charge in [-0.1, -0.05) is 6.07 Å². The zero-order valence-electron chi connectivity index (χ0n) is 15.3. The Morgan fingerprint density at radius 1 is 1.30 bits per heavy atom. The quantitative estimate of drug-likeness (QED) is 0.604. The summed E-state index contributed by atoms with van der Waals surface area (Å²) in [6, 6.07) is 5.89. The minimum atomic E-state index is -0.461. The second-order valence-corrected chi connectivity index (χ2v) is 8.67. The second-order valence-electron chi connectivity index (χ2n) is 6.71. The van der Waals surface area contributed by atoms with Gasteiger partial charge in [-0.25, -0.2) is 0 Å². The Balaban J connectivity index is 1.54. The number of anilines is 1. The zero-order valence-corrected chi connectivity index (χ0v) is 17.7. The number of primary amides is 1. The van der Waals surface area contributed by atoms with Crippen LogP contribution in [0.25, 0.3) is 0 Å². The lowest BCUT2D eigenvalue weighted by molar-refractivity contribution is -0.116. The predicted octanol–water partition coefficient (Wildman–Crippen LogP) is 4.59. The van der Waals surface area contributed by atoms with Crippen molar-refractivity contribution in [3.8, 4) is 5.75 Å². The molecule has 3 N–H and O–H groups in total. The van der Waals surface area contributed by atoms with Crippen molar-refractivity contribution in [2.45, 2.75) is 45.4 Å². The van der Waals surface area contributed by atoms with Crippen molar-refractivity contribution in [2.75, 3.05) is 11.9 Å². The summed E-state index contributed by atoms with van der Waals surface area (Å²) >= 11 is 4.96. The first-order valence-corrected chi connectivity index (χ1v) is 10.7. The number of carbonyl (C=O) groups is 2. The van der Waals surface area contributed by atoms with E-state index in [-0.39, 0.29) is 5.91 Å². The number of carbonyl (C=O) groups excluding carboxylic acids is 2. The maximum Gasteiger partial charge on any atom is 0.251 e. The lowest BCUT2D eigenvalue weighted by Crippen LogP contribution is -2.18. The molecule has 3 rings (SSSR count). The largest absolute Gasteiger partial charge is 0.492 e. The highest BCUT2D eigenvalue weighted by Gasteiger charge is 2.24. The molecule has 0 unspecified atom stereocenters. The molecule has 0 saturated carbocycles. The average Bonchev–Trinajstić information content (AvgIpc) is 2.98. The van der Waals surface area contributed by atoms with Gasteiger partial charge < -0.3 is 15.8 Å². The van der Waals surface area contributed by atoms with Crippen molar-refractivity contribution >= 4 is 44.1 Å². The third kappa shape index (κ3) is 4.90. The van der Waals surface area contributed by atoms with E-state index in [1.165, 1.54) is 16.2 Å². The normalized spacial score (nSPS) is 13.1. The van der Waals surface area contributed by atoms with Gasteiger partial charge in [0.25, 0.3) is 5.91 Å². The highest BCUT2D eigenvalue weighted by atomic mass is 79.9. The van der Waals surface area contributed by atoms with Crippen LogP contribution in [-0.2, 0) is 17.6 Å². The first-order chi connectivity index (χ1) is 13.0. The van der Waals surface area contributed by atoms with Crippen LogP contribution in [-0.4, -0.2) is 18.4 Å². The van der Waals surface area contributed by atoms with Crippen molar-refractivity contribution in [2.24, 2.45) is 5.73 Å². The van der Waals surface area contributed by atoms with Crippen LogP contribution in [0.15, 0.2) is 22.7 Å². The molecule has 1 aliphatic rings. The molecule has 0 radical (unpaired) electrons. The third-order valence-electron chi connectivity index (χ3n) is 4.56. The number of halogens is 1.